The molecule has 0 atom stereocenters. The van der Waals surface area contributed by atoms with E-state index in [1.807, 2.05) is 0 Å². The Kier molecular flexibility index (Phi) is 2.53. The van der Waals surface area contributed by atoms with Crippen LogP contribution >= 0.6 is 0 Å². The molecule has 0 saturated carbocycles. The molecule has 1 aromatic heterocycles. The van der Waals surface area contributed by atoms with Gasteiger partial charge in [-0.15, -0.1) is 0 Å². The Bertz CT molecular complexity index is 503. The number of benzene rings is 1. The van der Waals surface area contributed by atoms with Crippen molar-refractivity contribution in [3.63, 3.8) is 0 Å². The Morgan fingerprint density at radius 2 is 1.69 bits per heavy atom. The van der Waals surface area contributed by atoms with Crippen LogP contribution in [0.5, 0.6) is 0 Å². The Labute approximate surface area is 97.5 Å². The van der Waals surface area contributed by atoms with Crippen molar-refractivity contribution >= 4 is 11.0 Å². The number of aromatic nitrogens is 2. The zero-order chi connectivity index (χ0) is 12.0. The third-order valence-corrected chi connectivity index (χ3v) is 3.52. The molecule has 0 spiro atoms. The zero-order valence-electron chi connectivity index (χ0n) is 11.1. The van der Waals surface area contributed by atoms with Crippen LogP contribution < -0.4 is 4.57 Å². The lowest BCUT2D eigenvalue weighted by Gasteiger charge is -2.00. The van der Waals surface area contributed by atoms with Gasteiger partial charge < -0.3 is 0 Å². The van der Waals surface area contributed by atoms with E-state index in [4.69, 9.17) is 0 Å². The average molecular weight is 217 g/mol. The van der Waals surface area contributed by atoms with Gasteiger partial charge in [-0.1, -0.05) is 13.8 Å². The van der Waals surface area contributed by atoms with Gasteiger partial charge >= 0.3 is 0 Å². The Morgan fingerprint density at radius 3 is 2.25 bits per heavy atom. The smallest absolute Gasteiger partial charge is 0.230 e. The van der Waals surface area contributed by atoms with Gasteiger partial charge in [0.2, 0.25) is 0 Å². The molecule has 0 unspecified atom stereocenters. The van der Waals surface area contributed by atoms with E-state index in [0.717, 1.165) is 0 Å². The fourth-order valence-corrected chi connectivity index (χ4v) is 2.57. The quantitative estimate of drug-likeness (QED) is 0.649. The number of rotatable bonds is 1. The lowest BCUT2D eigenvalue weighted by Crippen LogP contribution is -2.33. The molecule has 0 aliphatic rings. The van der Waals surface area contributed by atoms with Crippen LogP contribution in [0.3, 0.4) is 0 Å². The molecule has 0 amide bonds. The van der Waals surface area contributed by atoms with Gasteiger partial charge in [0.25, 0.3) is 5.82 Å². The SMILES string of the molecule is Cc1cc2c(cc1C)[n+](C)c(C(C)C)n2C. The fraction of sp³-hybridized carbons (Fsp3) is 0.500. The first-order chi connectivity index (χ1) is 7.43. The van der Waals surface area contributed by atoms with Crippen LogP contribution in [0.15, 0.2) is 12.1 Å². The molecule has 86 valence electrons. The van der Waals surface area contributed by atoms with Gasteiger partial charge in [0, 0.05) is 0 Å². The van der Waals surface area contributed by atoms with Gasteiger partial charge in [0.1, 0.15) is 0 Å². The number of hydrogen-bond donors (Lipinski definition) is 0. The van der Waals surface area contributed by atoms with Crippen LogP contribution in [0, 0.1) is 13.8 Å². The summed E-state index contributed by atoms with van der Waals surface area (Å²) in [5.41, 5.74) is 5.39. The summed E-state index contributed by atoms with van der Waals surface area (Å²) in [5.74, 6) is 1.92. The van der Waals surface area contributed by atoms with Gasteiger partial charge in [-0.25, -0.2) is 9.13 Å². The molecular weight excluding hydrogens is 196 g/mol. The van der Waals surface area contributed by atoms with Crippen molar-refractivity contribution in [3.05, 3.63) is 29.1 Å². The first-order valence-electron chi connectivity index (χ1n) is 5.89. The topological polar surface area (TPSA) is 8.81 Å². The number of fused-ring (bicyclic) bond motifs is 1. The van der Waals surface area contributed by atoms with Crippen LogP contribution in [-0.4, -0.2) is 4.57 Å². The van der Waals surface area contributed by atoms with Crippen LogP contribution in [0.4, 0.5) is 0 Å². The van der Waals surface area contributed by atoms with Crippen molar-refractivity contribution in [2.75, 3.05) is 0 Å². The van der Waals surface area contributed by atoms with Crippen molar-refractivity contribution in [1.82, 2.24) is 4.57 Å². The van der Waals surface area contributed by atoms with Crippen LogP contribution in [0.25, 0.3) is 11.0 Å². The van der Waals surface area contributed by atoms with E-state index in [0.29, 0.717) is 5.92 Å². The van der Waals surface area contributed by atoms with Gasteiger partial charge in [-0.3, -0.25) is 0 Å². The van der Waals surface area contributed by atoms with E-state index in [1.54, 1.807) is 0 Å². The third kappa shape index (κ3) is 1.44. The fourth-order valence-electron chi connectivity index (χ4n) is 2.57. The van der Waals surface area contributed by atoms with Gasteiger partial charge in [-0.2, -0.15) is 0 Å². The molecule has 0 aliphatic carbocycles. The summed E-state index contributed by atoms with van der Waals surface area (Å²) in [5, 5.41) is 0. The van der Waals surface area contributed by atoms with Crippen molar-refractivity contribution in [2.24, 2.45) is 14.1 Å². The standard InChI is InChI=1S/C14H21N2/c1-9(2)14-15(5)12-7-10(3)11(4)8-13(12)16(14)6/h7-9H,1-6H3/q+1. The molecule has 1 heterocycles. The molecule has 2 nitrogen and oxygen atoms in total. The maximum absolute atomic E-state index is 2.31. The first kappa shape index (κ1) is 11.2. The highest BCUT2D eigenvalue weighted by Gasteiger charge is 2.22. The second-order valence-electron chi connectivity index (χ2n) is 5.06. The van der Waals surface area contributed by atoms with E-state index in [9.17, 15) is 0 Å². The third-order valence-electron chi connectivity index (χ3n) is 3.52. The van der Waals surface area contributed by atoms with E-state index >= 15 is 0 Å². The van der Waals surface area contributed by atoms with Gasteiger partial charge in [0.05, 0.1) is 20.0 Å². The summed E-state index contributed by atoms with van der Waals surface area (Å²) in [4.78, 5) is 0. The maximum Gasteiger partial charge on any atom is 0.259 e. The van der Waals surface area contributed by atoms with E-state index in [2.05, 4.69) is 63.1 Å². The predicted molar refractivity (Wildman–Crippen MR) is 67.7 cm³/mol. The molecule has 0 aliphatic heterocycles. The monoisotopic (exact) mass is 217 g/mol. The minimum atomic E-state index is 0.544. The Morgan fingerprint density at radius 1 is 1.12 bits per heavy atom. The number of nitrogens with zero attached hydrogens (tertiary/aromatic N) is 2. The molecule has 16 heavy (non-hydrogen) atoms. The largest absolute Gasteiger partial charge is 0.259 e. The van der Waals surface area contributed by atoms with Crippen molar-refractivity contribution < 1.29 is 4.57 Å². The summed E-state index contributed by atoms with van der Waals surface area (Å²) in [6, 6.07) is 4.58. The Balaban J connectivity index is 2.88. The predicted octanol–water partition coefficient (Wildman–Crippen LogP) is 2.74. The first-order valence-corrected chi connectivity index (χ1v) is 5.89. The number of hydrogen-bond acceptors (Lipinski definition) is 0. The molecule has 0 N–H and O–H groups in total. The van der Waals surface area contributed by atoms with Crippen molar-refractivity contribution in [3.8, 4) is 0 Å². The minimum Gasteiger partial charge on any atom is -0.230 e. The number of aryl methyl sites for hydroxylation is 4. The summed E-state index contributed by atoms with van der Waals surface area (Å²) in [7, 11) is 4.32. The Hall–Kier alpha value is -1.31. The molecule has 0 saturated heterocycles. The number of imidazole rings is 1. The van der Waals surface area contributed by atoms with Crippen LogP contribution in [0.1, 0.15) is 36.7 Å². The second-order valence-corrected chi connectivity index (χ2v) is 5.06. The lowest BCUT2D eigenvalue weighted by molar-refractivity contribution is -0.655. The normalized spacial score (nSPS) is 11.7. The maximum atomic E-state index is 2.31. The molecule has 2 heteroatoms. The zero-order valence-corrected chi connectivity index (χ0v) is 11.1. The highest BCUT2D eigenvalue weighted by molar-refractivity contribution is 5.74. The van der Waals surface area contributed by atoms with Gasteiger partial charge in [-0.05, 0) is 37.1 Å². The summed E-state index contributed by atoms with van der Waals surface area (Å²) < 4.78 is 4.62. The van der Waals surface area contributed by atoms with E-state index < -0.39 is 0 Å². The van der Waals surface area contributed by atoms with Crippen molar-refractivity contribution in [2.45, 2.75) is 33.6 Å². The molecule has 0 bridgehead atoms. The molecule has 0 radical (unpaired) electrons. The van der Waals surface area contributed by atoms with Crippen LogP contribution in [0.2, 0.25) is 0 Å². The molecule has 2 rings (SSSR count). The van der Waals surface area contributed by atoms with E-state index in [1.165, 1.54) is 28.0 Å². The lowest BCUT2D eigenvalue weighted by atomic mass is 10.1. The van der Waals surface area contributed by atoms with Crippen molar-refractivity contribution in [1.29, 1.82) is 0 Å². The highest BCUT2D eigenvalue weighted by atomic mass is 15.1. The molecule has 1 aromatic carbocycles. The second kappa shape index (κ2) is 3.62. The summed E-state index contributed by atoms with van der Waals surface area (Å²) in [6.45, 7) is 8.84. The molecule has 2 aromatic rings. The molecular formula is C14H21N2+. The molecule has 0 fully saturated rings. The summed E-state index contributed by atoms with van der Waals surface area (Å²) >= 11 is 0. The van der Waals surface area contributed by atoms with Crippen LogP contribution in [-0.2, 0) is 14.1 Å². The highest BCUT2D eigenvalue weighted by Crippen LogP contribution is 2.21. The summed E-state index contributed by atoms with van der Waals surface area (Å²) in [6.07, 6.45) is 0. The average Bonchev–Trinajstić information content (AvgIpc) is 2.41. The van der Waals surface area contributed by atoms with Gasteiger partial charge in [0.15, 0.2) is 11.0 Å². The van der Waals surface area contributed by atoms with E-state index in [-0.39, 0.29) is 0 Å². The minimum absolute atomic E-state index is 0.544.